The maximum absolute atomic E-state index is 14.8. The van der Waals surface area contributed by atoms with Gasteiger partial charge in [-0.25, -0.2) is 9.18 Å². The Bertz CT molecular complexity index is 1410. The third-order valence-electron chi connectivity index (χ3n) is 6.33. The molecule has 1 atom stereocenters. The van der Waals surface area contributed by atoms with Crippen molar-refractivity contribution < 1.29 is 19.1 Å². The third kappa shape index (κ3) is 5.33. The van der Waals surface area contributed by atoms with E-state index in [1.54, 1.807) is 18.3 Å². The number of halogens is 1. The van der Waals surface area contributed by atoms with Gasteiger partial charge in [-0.05, 0) is 60.4 Å². The number of hydrogen-bond acceptors (Lipinski definition) is 5. The van der Waals surface area contributed by atoms with Crippen LogP contribution in [0.3, 0.4) is 0 Å². The van der Waals surface area contributed by atoms with Crippen LogP contribution in [0.1, 0.15) is 50.6 Å². The number of oxime groups is 1. The highest BCUT2D eigenvalue weighted by molar-refractivity contribution is 6.01. The molecule has 0 spiro atoms. The molecule has 0 fully saturated rings. The van der Waals surface area contributed by atoms with Crippen molar-refractivity contribution in [1.82, 2.24) is 4.98 Å². The van der Waals surface area contributed by atoms with Gasteiger partial charge in [0.05, 0.1) is 18.4 Å². The van der Waals surface area contributed by atoms with Gasteiger partial charge in [0.25, 0.3) is 0 Å². The largest absolute Gasteiger partial charge is 0.465 e. The van der Waals surface area contributed by atoms with Gasteiger partial charge in [0.15, 0.2) is 0 Å². The molecule has 0 radical (unpaired) electrons. The molecule has 0 aliphatic heterocycles. The van der Waals surface area contributed by atoms with Gasteiger partial charge >= 0.3 is 5.97 Å². The lowest BCUT2D eigenvalue weighted by molar-refractivity contribution is 0.0600. The molecule has 1 unspecified atom stereocenters. The maximum Gasteiger partial charge on any atom is 0.337 e. The molecular formula is C30H27FN2O3. The number of rotatable bonds is 7. The fourth-order valence-electron chi connectivity index (χ4n) is 4.41. The summed E-state index contributed by atoms with van der Waals surface area (Å²) in [6, 6.07) is 23.8. The Labute approximate surface area is 209 Å². The minimum Gasteiger partial charge on any atom is -0.465 e. The predicted molar refractivity (Wildman–Crippen MR) is 138 cm³/mol. The second-order valence-corrected chi connectivity index (χ2v) is 8.65. The molecule has 1 heterocycles. The van der Waals surface area contributed by atoms with Crippen LogP contribution < -0.4 is 0 Å². The molecule has 5 nitrogen and oxygen atoms in total. The van der Waals surface area contributed by atoms with Crippen LogP contribution in [0.15, 0.2) is 90.2 Å². The van der Waals surface area contributed by atoms with Gasteiger partial charge in [-0.1, -0.05) is 59.8 Å². The van der Waals surface area contributed by atoms with E-state index in [2.05, 4.69) is 33.9 Å². The monoisotopic (exact) mass is 482 g/mol. The standard InChI is InChI=1S/C30H27FN2O3/c1-19-6-4-5-7-25(19)27(18-29(33-35)23-14-15-32-20(2)16-23)22-10-8-21(9-11-22)26-13-12-24(17-28(26)31)30(34)36-3/h4-17,27,35H,18H2,1-3H3. The summed E-state index contributed by atoms with van der Waals surface area (Å²) in [5, 5.41) is 13.5. The summed E-state index contributed by atoms with van der Waals surface area (Å²) in [4.78, 5) is 15.9. The lowest BCUT2D eigenvalue weighted by Crippen LogP contribution is -2.12. The minimum atomic E-state index is -0.581. The molecule has 1 N–H and O–H groups in total. The number of ether oxygens (including phenoxy) is 1. The van der Waals surface area contributed by atoms with Gasteiger partial charge in [-0.2, -0.15) is 0 Å². The average Bonchev–Trinajstić information content (AvgIpc) is 2.90. The maximum atomic E-state index is 14.8. The molecule has 0 saturated heterocycles. The molecule has 6 heteroatoms. The van der Waals surface area contributed by atoms with Crippen LogP contribution in [0, 0.1) is 19.7 Å². The zero-order valence-corrected chi connectivity index (χ0v) is 20.4. The normalized spacial score (nSPS) is 12.3. The first-order valence-electron chi connectivity index (χ1n) is 11.6. The summed E-state index contributed by atoms with van der Waals surface area (Å²) in [6.45, 7) is 3.95. The number of benzene rings is 3. The highest BCUT2D eigenvalue weighted by atomic mass is 19.1. The second kappa shape index (κ2) is 11.0. The first kappa shape index (κ1) is 24.8. The zero-order chi connectivity index (χ0) is 25.7. The van der Waals surface area contributed by atoms with Crippen molar-refractivity contribution in [2.75, 3.05) is 7.11 Å². The summed E-state index contributed by atoms with van der Waals surface area (Å²) in [5.74, 6) is -1.17. The van der Waals surface area contributed by atoms with Gasteiger partial charge in [0.2, 0.25) is 0 Å². The molecule has 0 saturated carbocycles. The van der Waals surface area contributed by atoms with Crippen LogP contribution in [-0.4, -0.2) is 29.0 Å². The summed E-state index contributed by atoms with van der Waals surface area (Å²) in [6.07, 6.45) is 2.17. The summed E-state index contributed by atoms with van der Waals surface area (Å²) >= 11 is 0. The average molecular weight is 483 g/mol. The van der Waals surface area contributed by atoms with Crippen molar-refractivity contribution in [1.29, 1.82) is 0 Å². The smallest absolute Gasteiger partial charge is 0.337 e. The third-order valence-corrected chi connectivity index (χ3v) is 6.33. The molecule has 0 aliphatic rings. The molecule has 1 aromatic heterocycles. The first-order chi connectivity index (χ1) is 17.4. The van der Waals surface area contributed by atoms with E-state index in [9.17, 15) is 14.4 Å². The van der Waals surface area contributed by atoms with E-state index in [1.807, 2.05) is 55.5 Å². The number of aryl methyl sites for hydroxylation is 2. The number of carbonyl (C=O) groups is 1. The molecule has 0 amide bonds. The number of methoxy groups -OCH3 is 1. The lowest BCUT2D eigenvalue weighted by Gasteiger charge is -2.21. The van der Waals surface area contributed by atoms with Crippen molar-refractivity contribution in [2.45, 2.75) is 26.2 Å². The topological polar surface area (TPSA) is 71.8 Å². The number of pyridine rings is 1. The van der Waals surface area contributed by atoms with Gasteiger partial charge in [0.1, 0.15) is 5.82 Å². The van der Waals surface area contributed by atoms with Crippen molar-refractivity contribution in [3.8, 4) is 11.1 Å². The molecule has 0 bridgehead atoms. The summed E-state index contributed by atoms with van der Waals surface area (Å²) < 4.78 is 19.5. The zero-order valence-electron chi connectivity index (χ0n) is 20.4. The highest BCUT2D eigenvalue weighted by Gasteiger charge is 2.21. The Morgan fingerprint density at radius 1 is 1.00 bits per heavy atom. The van der Waals surface area contributed by atoms with E-state index in [0.29, 0.717) is 23.3 Å². The van der Waals surface area contributed by atoms with Crippen LogP contribution in [-0.2, 0) is 4.74 Å². The van der Waals surface area contributed by atoms with Gasteiger partial charge in [-0.15, -0.1) is 0 Å². The molecule has 36 heavy (non-hydrogen) atoms. The Morgan fingerprint density at radius 3 is 2.39 bits per heavy atom. The van der Waals surface area contributed by atoms with Crippen LogP contribution in [0.4, 0.5) is 4.39 Å². The van der Waals surface area contributed by atoms with E-state index in [0.717, 1.165) is 27.9 Å². The fourth-order valence-corrected chi connectivity index (χ4v) is 4.41. The van der Waals surface area contributed by atoms with Gasteiger partial charge in [0, 0.05) is 35.4 Å². The predicted octanol–water partition coefficient (Wildman–Crippen LogP) is 6.69. The molecular weight excluding hydrogens is 455 g/mol. The van der Waals surface area contributed by atoms with E-state index in [1.165, 1.54) is 13.2 Å². The van der Waals surface area contributed by atoms with E-state index < -0.39 is 11.8 Å². The minimum absolute atomic E-state index is 0.0915. The Hall–Kier alpha value is -4.32. The van der Waals surface area contributed by atoms with Gasteiger partial charge < -0.3 is 9.94 Å². The number of esters is 1. The molecule has 182 valence electrons. The van der Waals surface area contributed by atoms with Crippen LogP contribution >= 0.6 is 0 Å². The fraction of sp³-hybridized carbons (Fsp3) is 0.167. The van der Waals surface area contributed by atoms with E-state index in [-0.39, 0.29) is 11.5 Å². The van der Waals surface area contributed by atoms with Crippen molar-refractivity contribution >= 4 is 11.7 Å². The summed E-state index contributed by atoms with van der Waals surface area (Å²) in [7, 11) is 1.26. The number of nitrogens with zero attached hydrogens (tertiary/aromatic N) is 2. The van der Waals surface area contributed by atoms with Gasteiger partial charge in [-0.3, -0.25) is 4.98 Å². The van der Waals surface area contributed by atoms with E-state index >= 15 is 0 Å². The molecule has 4 aromatic rings. The number of hydrogen-bond donors (Lipinski definition) is 1. The van der Waals surface area contributed by atoms with Crippen LogP contribution in [0.5, 0.6) is 0 Å². The van der Waals surface area contributed by atoms with Crippen molar-refractivity contribution in [2.24, 2.45) is 5.16 Å². The van der Waals surface area contributed by atoms with E-state index in [4.69, 9.17) is 0 Å². The Morgan fingerprint density at radius 2 is 1.75 bits per heavy atom. The number of aromatic nitrogens is 1. The molecule has 4 rings (SSSR count). The second-order valence-electron chi connectivity index (χ2n) is 8.65. The summed E-state index contributed by atoms with van der Waals surface area (Å²) in [5.41, 5.74) is 6.71. The highest BCUT2D eigenvalue weighted by Crippen LogP contribution is 2.34. The lowest BCUT2D eigenvalue weighted by atomic mass is 9.83. The van der Waals surface area contributed by atoms with Crippen molar-refractivity contribution in [3.63, 3.8) is 0 Å². The van der Waals surface area contributed by atoms with Crippen LogP contribution in [0.2, 0.25) is 0 Å². The number of carbonyl (C=O) groups excluding carboxylic acids is 1. The Kier molecular flexibility index (Phi) is 7.54. The molecule has 0 aliphatic carbocycles. The van der Waals surface area contributed by atoms with Crippen molar-refractivity contribution in [3.05, 3.63) is 124 Å². The molecule has 3 aromatic carbocycles. The van der Waals surface area contributed by atoms with Crippen LogP contribution in [0.25, 0.3) is 11.1 Å². The quantitative estimate of drug-likeness (QED) is 0.138. The Balaban J connectivity index is 1.70. The SMILES string of the molecule is COC(=O)c1ccc(-c2ccc(C(CC(=NO)c3ccnc(C)c3)c3ccccc3C)cc2)c(F)c1. The first-order valence-corrected chi connectivity index (χ1v) is 11.6.